The van der Waals surface area contributed by atoms with Crippen molar-refractivity contribution < 1.29 is 19.1 Å². The molecule has 0 saturated carbocycles. The third kappa shape index (κ3) is 8.22. The molecule has 0 aliphatic rings. The molecule has 1 N–H and O–H groups in total. The minimum Gasteiger partial charge on any atom is -0.464 e. The molecule has 0 spiro atoms. The van der Waals surface area contributed by atoms with Crippen LogP contribution in [0.25, 0.3) is 0 Å². The summed E-state index contributed by atoms with van der Waals surface area (Å²) in [6, 6.07) is -0.617. The Morgan fingerprint density at radius 3 is 2.56 bits per heavy atom. The van der Waals surface area contributed by atoms with Crippen LogP contribution in [-0.4, -0.2) is 43.3 Å². The maximum atomic E-state index is 11.8. The predicted molar refractivity (Wildman–Crippen MR) is 72.8 cm³/mol. The number of hydrogen-bond donors (Lipinski definition) is 1. The summed E-state index contributed by atoms with van der Waals surface area (Å²) in [6.07, 6.45) is 3.72. The Labute approximate surface area is 113 Å². The molecule has 0 bridgehead atoms. The molecule has 6 heteroatoms. The number of nitrogens with one attached hydrogen (secondary N) is 1. The van der Waals surface area contributed by atoms with E-state index in [4.69, 9.17) is 9.47 Å². The van der Waals surface area contributed by atoms with Crippen LogP contribution in [-0.2, 0) is 14.3 Å². The zero-order valence-electron chi connectivity index (χ0n) is 11.4. The maximum Gasteiger partial charge on any atom is 0.407 e. The molecule has 0 aliphatic carbocycles. The van der Waals surface area contributed by atoms with Gasteiger partial charge >= 0.3 is 12.1 Å². The smallest absolute Gasteiger partial charge is 0.407 e. The second-order valence-electron chi connectivity index (χ2n) is 3.72. The number of ether oxygens (including phenoxy) is 2. The lowest BCUT2D eigenvalue weighted by atomic mass is 10.2. The van der Waals surface area contributed by atoms with Gasteiger partial charge in [-0.05, 0) is 31.8 Å². The van der Waals surface area contributed by atoms with Crippen LogP contribution in [0.2, 0.25) is 0 Å². The number of thioether (sulfide) groups is 1. The van der Waals surface area contributed by atoms with Gasteiger partial charge in [0.25, 0.3) is 0 Å². The Kier molecular flexibility index (Phi) is 10.6. The fourth-order valence-electron chi connectivity index (χ4n) is 1.22. The first kappa shape index (κ1) is 17.1. The number of alkyl carbamates (subject to hydrolysis) is 1. The van der Waals surface area contributed by atoms with E-state index in [-0.39, 0.29) is 12.6 Å². The van der Waals surface area contributed by atoms with E-state index in [1.165, 1.54) is 0 Å². The van der Waals surface area contributed by atoms with E-state index in [1.54, 1.807) is 18.7 Å². The SMILES string of the molecule is CCCCOC(=O)[C@H](CCSC)NC(=O)OCC. The van der Waals surface area contributed by atoms with E-state index in [1.807, 2.05) is 13.2 Å². The fourth-order valence-corrected chi connectivity index (χ4v) is 1.69. The van der Waals surface area contributed by atoms with E-state index in [9.17, 15) is 9.59 Å². The molecule has 0 aromatic rings. The summed E-state index contributed by atoms with van der Waals surface area (Å²) in [5.41, 5.74) is 0. The number of carbonyl (C=O) groups is 2. The third-order valence-electron chi connectivity index (χ3n) is 2.20. The van der Waals surface area contributed by atoms with Gasteiger partial charge in [-0.1, -0.05) is 13.3 Å². The Balaban J connectivity index is 4.18. The Morgan fingerprint density at radius 2 is 2.00 bits per heavy atom. The zero-order chi connectivity index (χ0) is 13.8. The van der Waals surface area contributed by atoms with E-state index in [0.717, 1.165) is 18.6 Å². The summed E-state index contributed by atoms with van der Waals surface area (Å²) in [7, 11) is 0. The van der Waals surface area contributed by atoms with Crippen LogP contribution in [0.15, 0.2) is 0 Å². The highest BCUT2D eigenvalue weighted by atomic mass is 32.2. The molecule has 0 aromatic carbocycles. The number of rotatable bonds is 9. The van der Waals surface area contributed by atoms with Crippen LogP contribution >= 0.6 is 11.8 Å². The molecule has 0 aromatic heterocycles. The first-order valence-corrected chi connectivity index (χ1v) is 7.63. The van der Waals surface area contributed by atoms with Crippen molar-refractivity contribution in [1.82, 2.24) is 5.32 Å². The van der Waals surface area contributed by atoms with Crippen LogP contribution in [0.4, 0.5) is 4.79 Å². The van der Waals surface area contributed by atoms with Crippen LogP contribution in [0.5, 0.6) is 0 Å². The maximum absolute atomic E-state index is 11.8. The molecule has 0 saturated heterocycles. The summed E-state index contributed by atoms with van der Waals surface area (Å²) in [5.74, 6) is 0.394. The van der Waals surface area contributed by atoms with Gasteiger partial charge in [-0.3, -0.25) is 0 Å². The Hall–Kier alpha value is -0.910. The summed E-state index contributed by atoms with van der Waals surface area (Å²) in [4.78, 5) is 23.1. The van der Waals surface area contributed by atoms with Gasteiger partial charge < -0.3 is 14.8 Å². The molecule has 106 valence electrons. The van der Waals surface area contributed by atoms with Gasteiger partial charge in [-0.2, -0.15) is 11.8 Å². The van der Waals surface area contributed by atoms with Gasteiger partial charge in [-0.15, -0.1) is 0 Å². The summed E-state index contributed by atoms with van der Waals surface area (Å²) < 4.78 is 9.87. The van der Waals surface area contributed by atoms with Crippen molar-refractivity contribution in [3.8, 4) is 0 Å². The second-order valence-corrected chi connectivity index (χ2v) is 4.71. The molecule has 5 nitrogen and oxygen atoms in total. The van der Waals surface area contributed by atoms with Crippen LogP contribution in [0.1, 0.15) is 33.1 Å². The van der Waals surface area contributed by atoms with Crippen LogP contribution in [0.3, 0.4) is 0 Å². The summed E-state index contributed by atoms with van der Waals surface area (Å²) in [5, 5.41) is 2.53. The first-order chi connectivity index (χ1) is 8.65. The normalized spacial score (nSPS) is 11.7. The molecule has 0 aliphatic heterocycles. The molecular weight excluding hydrogens is 254 g/mol. The summed E-state index contributed by atoms with van der Waals surface area (Å²) >= 11 is 1.62. The first-order valence-electron chi connectivity index (χ1n) is 6.24. The number of unbranched alkanes of at least 4 members (excludes halogenated alkanes) is 1. The molecule has 0 unspecified atom stereocenters. The van der Waals surface area contributed by atoms with E-state index in [0.29, 0.717) is 13.0 Å². The van der Waals surface area contributed by atoms with Gasteiger partial charge in [-0.25, -0.2) is 9.59 Å². The van der Waals surface area contributed by atoms with Crippen molar-refractivity contribution in [2.24, 2.45) is 0 Å². The van der Waals surface area contributed by atoms with Gasteiger partial charge in [0.1, 0.15) is 6.04 Å². The zero-order valence-corrected chi connectivity index (χ0v) is 12.2. The van der Waals surface area contributed by atoms with Gasteiger partial charge in [0.15, 0.2) is 0 Å². The second kappa shape index (κ2) is 11.2. The van der Waals surface area contributed by atoms with Crippen molar-refractivity contribution in [1.29, 1.82) is 0 Å². The monoisotopic (exact) mass is 277 g/mol. The minimum atomic E-state index is -0.617. The molecule has 0 radical (unpaired) electrons. The average molecular weight is 277 g/mol. The van der Waals surface area contributed by atoms with Gasteiger partial charge in [0, 0.05) is 0 Å². The lowest BCUT2D eigenvalue weighted by molar-refractivity contribution is -0.146. The summed E-state index contributed by atoms with van der Waals surface area (Å²) in [6.45, 7) is 4.42. The van der Waals surface area contributed by atoms with E-state index in [2.05, 4.69) is 5.32 Å². The van der Waals surface area contributed by atoms with Crippen LogP contribution in [0, 0.1) is 0 Å². The standard InChI is InChI=1S/C12H23NO4S/c1-4-6-8-17-11(14)10(7-9-18-3)13-12(15)16-5-2/h10H,4-9H2,1-3H3,(H,13,15)/t10-/m0/s1. The number of carbonyl (C=O) groups excluding carboxylic acids is 2. The largest absolute Gasteiger partial charge is 0.464 e. The quantitative estimate of drug-likeness (QED) is 0.517. The van der Waals surface area contributed by atoms with E-state index < -0.39 is 12.1 Å². The topological polar surface area (TPSA) is 64.6 Å². The van der Waals surface area contributed by atoms with E-state index >= 15 is 0 Å². The molecule has 18 heavy (non-hydrogen) atoms. The highest BCUT2D eigenvalue weighted by Crippen LogP contribution is 2.04. The van der Waals surface area contributed by atoms with Gasteiger partial charge in [0.05, 0.1) is 13.2 Å². The number of hydrogen-bond acceptors (Lipinski definition) is 5. The molecule has 0 rings (SSSR count). The Morgan fingerprint density at radius 1 is 1.28 bits per heavy atom. The third-order valence-corrected chi connectivity index (χ3v) is 2.85. The molecular formula is C12H23NO4S. The van der Waals surface area contributed by atoms with Crippen molar-refractivity contribution in [2.75, 3.05) is 25.2 Å². The van der Waals surface area contributed by atoms with Gasteiger partial charge in [0.2, 0.25) is 0 Å². The number of esters is 1. The highest BCUT2D eigenvalue weighted by molar-refractivity contribution is 7.98. The average Bonchev–Trinajstić information content (AvgIpc) is 2.34. The van der Waals surface area contributed by atoms with Crippen molar-refractivity contribution in [3.05, 3.63) is 0 Å². The predicted octanol–water partition coefficient (Wildman–Crippen LogP) is 2.20. The molecule has 0 fully saturated rings. The van der Waals surface area contributed by atoms with Crippen molar-refractivity contribution >= 4 is 23.8 Å². The highest BCUT2D eigenvalue weighted by Gasteiger charge is 2.22. The lowest BCUT2D eigenvalue weighted by Crippen LogP contribution is -2.42. The Bertz CT molecular complexity index is 248. The number of amides is 1. The molecule has 0 heterocycles. The van der Waals surface area contributed by atoms with Crippen LogP contribution < -0.4 is 5.32 Å². The van der Waals surface area contributed by atoms with Crippen molar-refractivity contribution in [2.45, 2.75) is 39.2 Å². The molecule has 1 atom stereocenters. The van der Waals surface area contributed by atoms with Crippen molar-refractivity contribution in [3.63, 3.8) is 0 Å². The fraction of sp³-hybridized carbons (Fsp3) is 0.833. The minimum absolute atomic E-state index is 0.284. The molecule has 1 amide bonds. The lowest BCUT2D eigenvalue weighted by Gasteiger charge is -2.16.